The number of rotatable bonds is 0. The maximum Gasteiger partial charge on any atom is 0.0575 e. The van der Waals surface area contributed by atoms with Crippen molar-refractivity contribution in [3.05, 3.63) is 23.9 Å². The monoisotopic (exact) mass is 173 g/mol. The second-order valence-corrected chi connectivity index (χ2v) is 2.90. The summed E-state index contributed by atoms with van der Waals surface area (Å²) >= 11 is 3.41. The van der Waals surface area contributed by atoms with E-state index in [2.05, 4.69) is 22.0 Å². The van der Waals surface area contributed by atoms with E-state index in [0.717, 1.165) is 12.1 Å². The Labute approximate surface area is 57.4 Å². The van der Waals surface area contributed by atoms with E-state index < -0.39 is 0 Å². The first-order valence-corrected chi connectivity index (χ1v) is 3.48. The zero-order valence-corrected chi connectivity index (χ0v) is 6.06. The topological polar surface area (TPSA) is 26.0 Å². The fraction of sp³-hybridized carbons (Fsp3) is 0.333. The number of allylic oxidation sites excluding steroid dienone is 4. The zero-order valence-electron chi connectivity index (χ0n) is 4.47. The summed E-state index contributed by atoms with van der Waals surface area (Å²) in [5, 5.41) is 0. The molecule has 0 saturated heterocycles. The average molecular weight is 174 g/mol. The van der Waals surface area contributed by atoms with E-state index >= 15 is 0 Å². The molecule has 1 atom stereocenters. The number of hydrogen-bond donors (Lipinski definition) is 1. The molecule has 0 amide bonds. The molecule has 0 bridgehead atoms. The number of hydrogen-bond acceptors (Lipinski definition) is 1. The predicted octanol–water partition coefficient (Wildman–Crippen LogP) is 1.55. The highest BCUT2D eigenvalue weighted by Gasteiger charge is 2.05. The molecule has 8 heavy (non-hydrogen) atoms. The Hall–Kier alpha value is -0.240. The van der Waals surface area contributed by atoms with Gasteiger partial charge in [-0.3, -0.25) is 0 Å². The van der Waals surface area contributed by atoms with Gasteiger partial charge in [-0.25, -0.2) is 0 Å². The summed E-state index contributed by atoms with van der Waals surface area (Å²) in [5.41, 5.74) is 6.46. The summed E-state index contributed by atoms with van der Waals surface area (Å²) in [6.45, 7) is 0. The van der Waals surface area contributed by atoms with Gasteiger partial charge in [0.05, 0.1) is 4.83 Å². The lowest BCUT2D eigenvalue weighted by atomic mass is 10.1. The van der Waals surface area contributed by atoms with Crippen LogP contribution in [-0.4, -0.2) is 4.83 Å². The third-order valence-corrected chi connectivity index (χ3v) is 2.03. The molecule has 0 aromatic heterocycles. The zero-order chi connectivity index (χ0) is 5.98. The molecule has 1 aliphatic carbocycles. The third-order valence-electron chi connectivity index (χ3n) is 1.13. The van der Waals surface area contributed by atoms with Crippen LogP contribution in [-0.2, 0) is 0 Å². The fourth-order valence-corrected chi connectivity index (χ4v) is 0.986. The molecule has 0 aliphatic heterocycles. The van der Waals surface area contributed by atoms with Crippen LogP contribution in [0, 0.1) is 0 Å². The van der Waals surface area contributed by atoms with Crippen molar-refractivity contribution < 1.29 is 0 Å². The molecule has 0 spiro atoms. The maximum absolute atomic E-state index is 5.54. The van der Waals surface area contributed by atoms with Crippen molar-refractivity contribution >= 4 is 15.9 Å². The summed E-state index contributed by atoms with van der Waals surface area (Å²) in [6, 6.07) is 0. The number of alkyl halides is 1. The van der Waals surface area contributed by atoms with E-state index in [0.29, 0.717) is 4.83 Å². The van der Waals surface area contributed by atoms with Crippen LogP contribution in [0.2, 0.25) is 0 Å². The van der Waals surface area contributed by atoms with E-state index in [1.165, 1.54) is 0 Å². The van der Waals surface area contributed by atoms with Crippen molar-refractivity contribution in [3.8, 4) is 0 Å². The van der Waals surface area contributed by atoms with E-state index in [-0.39, 0.29) is 0 Å². The SMILES string of the molecule is NC1=CC=CCC1Br. The van der Waals surface area contributed by atoms with Crippen LogP contribution in [0.3, 0.4) is 0 Å². The second-order valence-electron chi connectivity index (χ2n) is 1.80. The molecule has 1 nitrogen and oxygen atoms in total. The maximum atomic E-state index is 5.54. The van der Waals surface area contributed by atoms with Crippen molar-refractivity contribution in [2.45, 2.75) is 11.2 Å². The Bertz CT molecular complexity index is 137. The molecule has 0 saturated carbocycles. The molecule has 2 N–H and O–H groups in total. The van der Waals surface area contributed by atoms with Gasteiger partial charge in [0.25, 0.3) is 0 Å². The Morgan fingerprint density at radius 3 is 2.88 bits per heavy atom. The van der Waals surface area contributed by atoms with Gasteiger partial charge in [-0.1, -0.05) is 28.1 Å². The normalized spacial score (nSPS) is 27.6. The minimum absolute atomic E-state index is 0.368. The van der Waals surface area contributed by atoms with E-state index in [9.17, 15) is 0 Å². The molecular weight excluding hydrogens is 166 g/mol. The first kappa shape index (κ1) is 5.89. The highest BCUT2D eigenvalue weighted by atomic mass is 79.9. The van der Waals surface area contributed by atoms with Crippen LogP contribution >= 0.6 is 15.9 Å². The van der Waals surface area contributed by atoms with Gasteiger partial charge in [-0.2, -0.15) is 0 Å². The predicted molar refractivity (Wildman–Crippen MR) is 38.7 cm³/mol. The van der Waals surface area contributed by atoms with Crippen molar-refractivity contribution in [2.24, 2.45) is 5.73 Å². The lowest BCUT2D eigenvalue weighted by molar-refractivity contribution is 0.980. The van der Waals surface area contributed by atoms with Crippen molar-refractivity contribution in [1.82, 2.24) is 0 Å². The fourth-order valence-electron chi connectivity index (χ4n) is 0.618. The molecule has 0 fully saturated rings. The first-order valence-electron chi connectivity index (χ1n) is 2.57. The Balaban J connectivity index is 2.66. The lowest BCUT2D eigenvalue weighted by Crippen LogP contribution is -2.11. The van der Waals surface area contributed by atoms with Crippen molar-refractivity contribution in [3.63, 3.8) is 0 Å². The molecule has 44 valence electrons. The van der Waals surface area contributed by atoms with Gasteiger partial charge < -0.3 is 5.73 Å². The van der Waals surface area contributed by atoms with E-state index in [4.69, 9.17) is 5.73 Å². The molecule has 0 aromatic carbocycles. The standard InChI is InChI=1S/C6H8BrN/c7-5-3-1-2-4-6(5)8/h1-2,4-5H,3,8H2. The van der Waals surface area contributed by atoms with Gasteiger partial charge in [0.2, 0.25) is 0 Å². The van der Waals surface area contributed by atoms with Crippen LogP contribution < -0.4 is 5.73 Å². The van der Waals surface area contributed by atoms with Crippen LogP contribution in [0.4, 0.5) is 0 Å². The molecule has 1 rings (SSSR count). The van der Waals surface area contributed by atoms with Crippen LogP contribution in [0.15, 0.2) is 23.9 Å². The minimum Gasteiger partial charge on any atom is -0.401 e. The Kier molecular flexibility index (Phi) is 1.73. The summed E-state index contributed by atoms with van der Waals surface area (Å²) in [4.78, 5) is 0.368. The van der Waals surface area contributed by atoms with Crippen molar-refractivity contribution in [2.75, 3.05) is 0 Å². The van der Waals surface area contributed by atoms with Gasteiger partial charge in [-0.15, -0.1) is 0 Å². The summed E-state index contributed by atoms with van der Waals surface area (Å²) in [5.74, 6) is 0. The van der Waals surface area contributed by atoms with Crippen molar-refractivity contribution in [1.29, 1.82) is 0 Å². The quantitative estimate of drug-likeness (QED) is 0.554. The summed E-state index contributed by atoms with van der Waals surface area (Å²) in [7, 11) is 0. The van der Waals surface area contributed by atoms with Gasteiger partial charge in [-0.05, 0) is 12.5 Å². The second kappa shape index (κ2) is 2.35. The highest BCUT2D eigenvalue weighted by Crippen LogP contribution is 2.15. The van der Waals surface area contributed by atoms with E-state index in [1.54, 1.807) is 0 Å². The van der Waals surface area contributed by atoms with E-state index in [1.807, 2.05) is 12.2 Å². The Morgan fingerprint density at radius 1 is 1.75 bits per heavy atom. The van der Waals surface area contributed by atoms with Gasteiger partial charge in [0.15, 0.2) is 0 Å². The third kappa shape index (κ3) is 1.13. The van der Waals surface area contributed by atoms with Gasteiger partial charge in [0.1, 0.15) is 0 Å². The number of nitrogens with two attached hydrogens (primary N) is 1. The summed E-state index contributed by atoms with van der Waals surface area (Å²) in [6.07, 6.45) is 7.01. The minimum atomic E-state index is 0.368. The Morgan fingerprint density at radius 2 is 2.50 bits per heavy atom. The first-order chi connectivity index (χ1) is 3.80. The highest BCUT2D eigenvalue weighted by molar-refractivity contribution is 9.09. The van der Waals surface area contributed by atoms with Crippen LogP contribution in [0.25, 0.3) is 0 Å². The molecule has 2 heteroatoms. The van der Waals surface area contributed by atoms with Crippen LogP contribution in [0.1, 0.15) is 6.42 Å². The smallest absolute Gasteiger partial charge is 0.0575 e. The molecule has 0 aromatic rings. The lowest BCUT2D eigenvalue weighted by Gasteiger charge is -2.09. The summed E-state index contributed by atoms with van der Waals surface area (Å²) < 4.78 is 0. The molecular formula is C6H8BrN. The molecule has 1 unspecified atom stereocenters. The van der Waals surface area contributed by atoms with Gasteiger partial charge >= 0.3 is 0 Å². The largest absolute Gasteiger partial charge is 0.401 e. The molecule has 0 radical (unpaired) electrons. The molecule has 1 aliphatic rings. The van der Waals surface area contributed by atoms with Gasteiger partial charge in [0, 0.05) is 5.70 Å². The average Bonchev–Trinajstić information content (AvgIpc) is 1.77. The molecule has 0 heterocycles. The number of halogens is 1. The van der Waals surface area contributed by atoms with Crippen LogP contribution in [0.5, 0.6) is 0 Å².